The van der Waals surface area contributed by atoms with Crippen LogP contribution in [0.2, 0.25) is 0 Å². The van der Waals surface area contributed by atoms with Crippen molar-refractivity contribution in [1.82, 2.24) is 0 Å². The van der Waals surface area contributed by atoms with Gasteiger partial charge in [-0.15, -0.1) is 23.5 Å². The summed E-state index contributed by atoms with van der Waals surface area (Å²) in [5.41, 5.74) is 0. The fraction of sp³-hybridized carbons (Fsp3) is 1.00. The first-order valence-electron chi connectivity index (χ1n) is 3.62. The molecule has 0 aromatic carbocycles. The monoisotopic (exact) mass is 178 g/mol. The second-order valence-corrected chi connectivity index (χ2v) is 5.43. The van der Waals surface area contributed by atoms with Gasteiger partial charge in [0.1, 0.15) is 0 Å². The van der Waals surface area contributed by atoms with Gasteiger partial charge in [-0.1, -0.05) is 6.92 Å². The van der Waals surface area contributed by atoms with Crippen molar-refractivity contribution < 1.29 is 4.74 Å². The van der Waals surface area contributed by atoms with E-state index in [-0.39, 0.29) is 0 Å². The van der Waals surface area contributed by atoms with E-state index in [2.05, 4.69) is 30.4 Å². The molecule has 0 aliphatic carbocycles. The number of hydrogen-bond donors (Lipinski definition) is 0. The lowest BCUT2D eigenvalue weighted by atomic mass is 10.5. The summed E-state index contributed by atoms with van der Waals surface area (Å²) in [6, 6.07) is 0. The lowest BCUT2D eigenvalue weighted by Crippen LogP contribution is -2.09. The fourth-order valence-electron chi connectivity index (χ4n) is 0.995. The van der Waals surface area contributed by atoms with Crippen LogP contribution in [-0.4, -0.2) is 29.3 Å². The van der Waals surface area contributed by atoms with Crippen LogP contribution >= 0.6 is 23.5 Å². The van der Waals surface area contributed by atoms with Crippen LogP contribution in [0.25, 0.3) is 0 Å². The van der Waals surface area contributed by atoms with Crippen molar-refractivity contribution in [2.45, 2.75) is 23.2 Å². The smallest absolute Gasteiger partial charge is 0.0589 e. The van der Waals surface area contributed by atoms with Gasteiger partial charge in [-0.2, -0.15) is 0 Å². The summed E-state index contributed by atoms with van der Waals surface area (Å²) in [6.45, 7) is 3.17. The first kappa shape index (κ1) is 8.75. The normalized spacial score (nSPS) is 33.0. The second kappa shape index (κ2) is 4.52. The van der Waals surface area contributed by atoms with Gasteiger partial charge in [0.05, 0.1) is 11.2 Å². The van der Waals surface area contributed by atoms with E-state index < -0.39 is 0 Å². The summed E-state index contributed by atoms with van der Waals surface area (Å²) in [7, 11) is 1.78. The zero-order valence-corrected chi connectivity index (χ0v) is 8.13. The number of ether oxygens (including phenoxy) is 1. The number of thioether (sulfide) groups is 2. The maximum atomic E-state index is 5.08. The van der Waals surface area contributed by atoms with Gasteiger partial charge >= 0.3 is 0 Å². The third kappa shape index (κ3) is 2.36. The molecule has 1 saturated heterocycles. The van der Waals surface area contributed by atoms with Crippen LogP contribution in [-0.2, 0) is 4.74 Å². The van der Waals surface area contributed by atoms with Gasteiger partial charge < -0.3 is 4.74 Å². The summed E-state index contributed by atoms with van der Waals surface area (Å²) >= 11 is 4.15. The first-order chi connectivity index (χ1) is 4.86. The van der Waals surface area contributed by atoms with Crippen LogP contribution in [0, 0.1) is 0 Å². The van der Waals surface area contributed by atoms with Gasteiger partial charge in [-0.05, 0) is 6.42 Å². The Balaban J connectivity index is 2.15. The van der Waals surface area contributed by atoms with Crippen molar-refractivity contribution in [2.75, 3.05) is 19.5 Å². The van der Waals surface area contributed by atoms with Gasteiger partial charge in [-0.3, -0.25) is 0 Å². The highest BCUT2D eigenvalue weighted by molar-refractivity contribution is 8.20. The third-order valence-electron chi connectivity index (χ3n) is 1.50. The van der Waals surface area contributed by atoms with Crippen molar-refractivity contribution in [3.05, 3.63) is 0 Å². The maximum absolute atomic E-state index is 5.08. The standard InChI is InChI=1S/C7H14OS2/c1-3-7-9-5-6(10-7)4-8-2/h6-7H,3-5H2,1-2H3. The molecule has 0 radical (unpaired) electrons. The van der Waals surface area contributed by atoms with E-state index in [1.807, 2.05) is 0 Å². The zero-order valence-electron chi connectivity index (χ0n) is 6.50. The first-order valence-corrected chi connectivity index (χ1v) is 5.62. The highest BCUT2D eigenvalue weighted by Gasteiger charge is 2.23. The van der Waals surface area contributed by atoms with Gasteiger partial charge in [0.25, 0.3) is 0 Å². The Bertz CT molecular complexity index is 97.6. The lowest BCUT2D eigenvalue weighted by Gasteiger charge is -2.06. The molecule has 0 amide bonds. The summed E-state index contributed by atoms with van der Waals surface area (Å²) in [4.78, 5) is 0. The predicted octanol–water partition coefficient (Wildman–Crippen LogP) is 2.22. The molecule has 0 spiro atoms. The van der Waals surface area contributed by atoms with E-state index in [1.165, 1.54) is 12.2 Å². The molecule has 1 heterocycles. The molecule has 2 atom stereocenters. The van der Waals surface area contributed by atoms with Crippen molar-refractivity contribution >= 4 is 23.5 Å². The van der Waals surface area contributed by atoms with E-state index in [4.69, 9.17) is 4.74 Å². The summed E-state index contributed by atoms with van der Waals surface area (Å²) in [5, 5.41) is 0.750. The predicted molar refractivity (Wildman–Crippen MR) is 49.8 cm³/mol. The van der Waals surface area contributed by atoms with E-state index in [0.29, 0.717) is 0 Å². The molecule has 0 saturated carbocycles. The molecule has 0 aromatic rings. The maximum Gasteiger partial charge on any atom is 0.0589 e. The quantitative estimate of drug-likeness (QED) is 0.656. The minimum atomic E-state index is 0.750. The molecule has 1 rings (SSSR count). The fourth-order valence-corrected chi connectivity index (χ4v) is 4.16. The largest absolute Gasteiger partial charge is 0.384 e. The van der Waals surface area contributed by atoms with E-state index in [1.54, 1.807) is 7.11 Å². The number of hydrogen-bond acceptors (Lipinski definition) is 3. The third-order valence-corrected chi connectivity index (χ3v) is 5.08. The Hall–Kier alpha value is 0.660. The molecule has 60 valence electrons. The topological polar surface area (TPSA) is 9.23 Å². The molecule has 1 aliphatic rings. The SMILES string of the molecule is CCC1SCC(COC)S1. The molecule has 10 heavy (non-hydrogen) atoms. The van der Waals surface area contributed by atoms with Gasteiger partial charge in [0, 0.05) is 18.1 Å². The molecule has 0 bridgehead atoms. The van der Waals surface area contributed by atoms with Crippen LogP contribution in [0.15, 0.2) is 0 Å². The van der Waals surface area contributed by atoms with Crippen LogP contribution < -0.4 is 0 Å². The second-order valence-electron chi connectivity index (χ2n) is 2.38. The Labute approximate surface area is 71.3 Å². The van der Waals surface area contributed by atoms with Crippen LogP contribution in [0.4, 0.5) is 0 Å². The minimum absolute atomic E-state index is 0.750. The van der Waals surface area contributed by atoms with Crippen LogP contribution in [0.1, 0.15) is 13.3 Å². The molecule has 0 aromatic heterocycles. The van der Waals surface area contributed by atoms with E-state index in [0.717, 1.165) is 16.4 Å². The molecule has 2 unspecified atom stereocenters. The Kier molecular flexibility index (Phi) is 3.96. The van der Waals surface area contributed by atoms with Crippen molar-refractivity contribution in [1.29, 1.82) is 0 Å². The summed E-state index contributed by atoms with van der Waals surface area (Å²) < 4.78 is 5.92. The zero-order chi connectivity index (χ0) is 7.40. The molecular weight excluding hydrogens is 164 g/mol. The Morgan fingerprint density at radius 2 is 2.40 bits per heavy atom. The van der Waals surface area contributed by atoms with E-state index >= 15 is 0 Å². The van der Waals surface area contributed by atoms with E-state index in [9.17, 15) is 0 Å². The average Bonchev–Trinajstić information content (AvgIpc) is 2.37. The lowest BCUT2D eigenvalue weighted by molar-refractivity contribution is 0.204. The van der Waals surface area contributed by atoms with Gasteiger partial charge in [0.15, 0.2) is 0 Å². The Morgan fingerprint density at radius 1 is 1.60 bits per heavy atom. The molecule has 3 heteroatoms. The van der Waals surface area contributed by atoms with Crippen molar-refractivity contribution in [3.63, 3.8) is 0 Å². The van der Waals surface area contributed by atoms with Gasteiger partial charge in [0.2, 0.25) is 0 Å². The number of rotatable bonds is 3. The summed E-state index contributed by atoms with van der Waals surface area (Å²) in [6.07, 6.45) is 1.29. The van der Waals surface area contributed by atoms with Crippen molar-refractivity contribution in [2.24, 2.45) is 0 Å². The Morgan fingerprint density at radius 3 is 2.90 bits per heavy atom. The molecule has 1 aliphatic heterocycles. The highest BCUT2D eigenvalue weighted by atomic mass is 32.2. The highest BCUT2D eigenvalue weighted by Crippen LogP contribution is 2.39. The van der Waals surface area contributed by atoms with Crippen LogP contribution in [0.5, 0.6) is 0 Å². The molecule has 1 fully saturated rings. The number of methoxy groups -OCH3 is 1. The van der Waals surface area contributed by atoms with Gasteiger partial charge in [-0.25, -0.2) is 0 Å². The molecular formula is C7H14OS2. The minimum Gasteiger partial charge on any atom is -0.384 e. The molecule has 0 N–H and O–H groups in total. The van der Waals surface area contributed by atoms with Crippen molar-refractivity contribution in [3.8, 4) is 0 Å². The van der Waals surface area contributed by atoms with Crippen LogP contribution in [0.3, 0.4) is 0 Å². The average molecular weight is 178 g/mol. The molecule has 1 nitrogen and oxygen atoms in total. The summed E-state index contributed by atoms with van der Waals surface area (Å²) in [5.74, 6) is 1.27.